The van der Waals surface area contributed by atoms with Crippen molar-refractivity contribution < 1.29 is 0 Å². The van der Waals surface area contributed by atoms with Crippen LogP contribution in [0.3, 0.4) is 0 Å². The summed E-state index contributed by atoms with van der Waals surface area (Å²) in [6.45, 7) is 0. The first-order chi connectivity index (χ1) is 6.40. The van der Waals surface area contributed by atoms with Crippen molar-refractivity contribution in [1.82, 2.24) is 4.98 Å². The number of nitriles is 1. The van der Waals surface area contributed by atoms with Crippen LogP contribution in [-0.2, 0) is 6.42 Å². The highest BCUT2D eigenvalue weighted by Crippen LogP contribution is 2.12. The Morgan fingerprint density at radius 1 is 1.31 bits per heavy atom. The Labute approximate surface area is 76.5 Å². The molecule has 0 saturated carbocycles. The van der Waals surface area contributed by atoms with Crippen molar-refractivity contribution in [3.63, 3.8) is 0 Å². The molecule has 2 aromatic rings. The van der Waals surface area contributed by atoms with Gasteiger partial charge < -0.3 is 0 Å². The molecule has 13 heavy (non-hydrogen) atoms. The second-order valence-corrected chi connectivity index (χ2v) is 2.87. The smallest absolute Gasteiger partial charge is 0.0705 e. The zero-order chi connectivity index (χ0) is 9.10. The highest BCUT2D eigenvalue weighted by atomic mass is 14.6. The minimum Gasteiger partial charge on any atom is -0.256 e. The van der Waals surface area contributed by atoms with E-state index in [1.165, 1.54) is 0 Å². The van der Waals surface area contributed by atoms with E-state index in [1.54, 1.807) is 6.20 Å². The van der Waals surface area contributed by atoms with E-state index in [2.05, 4.69) is 11.1 Å². The van der Waals surface area contributed by atoms with Gasteiger partial charge in [0.15, 0.2) is 0 Å². The lowest BCUT2D eigenvalue weighted by Gasteiger charge is -1.97. The SMILES string of the molecule is N#CCc1ccc2cccnc2c1. The van der Waals surface area contributed by atoms with Crippen LogP contribution < -0.4 is 0 Å². The summed E-state index contributed by atoms with van der Waals surface area (Å²) in [5.74, 6) is 0. The van der Waals surface area contributed by atoms with Gasteiger partial charge in [-0.25, -0.2) is 0 Å². The summed E-state index contributed by atoms with van der Waals surface area (Å²) in [4.78, 5) is 4.21. The molecule has 0 fully saturated rings. The van der Waals surface area contributed by atoms with Gasteiger partial charge in [-0.15, -0.1) is 0 Å². The zero-order valence-electron chi connectivity index (χ0n) is 7.07. The number of hydrogen-bond donors (Lipinski definition) is 0. The summed E-state index contributed by atoms with van der Waals surface area (Å²) in [5, 5.41) is 9.64. The number of rotatable bonds is 1. The summed E-state index contributed by atoms with van der Waals surface area (Å²) in [5.41, 5.74) is 1.98. The largest absolute Gasteiger partial charge is 0.256 e. The van der Waals surface area contributed by atoms with Crippen LogP contribution in [0.5, 0.6) is 0 Å². The number of pyridine rings is 1. The predicted octanol–water partition coefficient (Wildman–Crippen LogP) is 2.30. The van der Waals surface area contributed by atoms with Crippen molar-refractivity contribution in [3.8, 4) is 6.07 Å². The molecule has 0 spiro atoms. The van der Waals surface area contributed by atoms with Gasteiger partial charge in [0.1, 0.15) is 0 Å². The van der Waals surface area contributed by atoms with Crippen molar-refractivity contribution in [1.29, 1.82) is 5.26 Å². The summed E-state index contributed by atoms with van der Waals surface area (Å²) < 4.78 is 0. The average molecular weight is 168 g/mol. The molecule has 2 nitrogen and oxygen atoms in total. The van der Waals surface area contributed by atoms with Gasteiger partial charge in [-0.3, -0.25) is 4.98 Å². The predicted molar refractivity (Wildman–Crippen MR) is 51.1 cm³/mol. The summed E-state index contributed by atoms with van der Waals surface area (Å²) >= 11 is 0. The maximum absolute atomic E-state index is 8.52. The van der Waals surface area contributed by atoms with Crippen molar-refractivity contribution in [2.45, 2.75) is 6.42 Å². The Balaban J connectivity index is 2.57. The monoisotopic (exact) mass is 168 g/mol. The molecule has 0 atom stereocenters. The summed E-state index contributed by atoms with van der Waals surface area (Å²) in [6.07, 6.45) is 2.21. The second kappa shape index (κ2) is 3.24. The molecule has 0 aliphatic heterocycles. The molecule has 62 valence electrons. The lowest BCUT2D eigenvalue weighted by molar-refractivity contribution is 1.26. The van der Waals surface area contributed by atoms with Gasteiger partial charge in [0.25, 0.3) is 0 Å². The molecule has 0 N–H and O–H groups in total. The topological polar surface area (TPSA) is 36.7 Å². The molecule has 0 aliphatic rings. The molecule has 0 aliphatic carbocycles. The van der Waals surface area contributed by atoms with Crippen LogP contribution in [0.25, 0.3) is 10.9 Å². The Morgan fingerprint density at radius 3 is 3.08 bits per heavy atom. The molecule has 0 radical (unpaired) electrons. The van der Waals surface area contributed by atoms with Crippen LogP contribution in [0.15, 0.2) is 36.5 Å². The van der Waals surface area contributed by atoms with E-state index in [-0.39, 0.29) is 0 Å². The van der Waals surface area contributed by atoms with E-state index >= 15 is 0 Å². The zero-order valence-corrected chi connectivity index (χ0v) is 7.07. The maximum atomic E-state index is 8.52. The van der Waals surface area contributed by atoms with E-state index in [1.807, 2.05) is 30.3 Å². The van der Waals surface area contributed by atoms with Crippen molar-refractivity contribution >= 4 is 10.9 Å². The molecule has 1 heterocycles. The van der Waals surface area contributed by atoms with E-state index in [4.69, 9.17) is 5.26 Å². The van der Waals surface area contributed by atoms with Crippen LogP contribution in [0, 0.1) is 11.3 Å². The lowest BCUT2D eigenvalue weighted by atomic mass is 10.1. The van der Waals surface area contributed by atoms with E-state index in [0.29, 0.717) is 6.42 Å². The molecule has 0 amide bonds. The lowest BCUT2D eigenvalue weighted by Crippen LogP contribution is -1.83. The number of hydrogen-bond acceptors (Lipinski definition) is 2. The normalized spacial score (nSPS) is 9.77. The molecule has 0 unspecified atom stereocenters. The number of nitrogens with zero attached hydrogens (tertiary/aromatic N) is 2. The molecular formula is C11H8N2. The standard InChI is InChI=1S/C11H8N2/c12-6-5-9-3-4-10-2-1-7-13-11(10)8-9/h1-4,7-8H,5H2. The first kappa shape index (κ1) is 7.75. The number of benzene rings is 1. The van der Waals surface area contributed by atoms with Crippen molar-refractivity contribution in [2.75, 3.05) is 0 Å². The minimum absolute atomic E-state index is 0.451. The van der Waals surface area contributed by atoms with E-state index in [9.17, 15) is 0 Å². The van der Waals surface area contributed by atoms with Gasteiger partial charge in [-0.05, 0) is 17.7 Å². The maximum Gasteiger partial charge on any atom is 0.0705 e. The third kappa shape index (κ3) is 1.50. The van der Waals surface area contributed by atoms with Gasteiger partial charge in [0, 0.05) is 11.6 Å². The van der Waals surface area contributed by atoms with Gasteiger partial charge in [0.05, 0.1) is 18.0 Å². The van der Waals surface area contributed by atoms with E-state index < -0.39 is 0 Å². The average Bonchev–Trinajstić information content (AvgIpc) is 2.18. The number of fused-ring (bicyclic) bond motifs is 1. The summed E-state index contributed by atoms with van der Waals surface area (Å²) in [6, 6.07) is 12.0. The van der Waals surface area contributed by atoms with Crippen LogP contribution in [0.2, 0.25) is 0 Å². The molecule has 0 bridgehead atoms. The Hall–Kier alpha value is -1.88. The Kier molecular flexibility index (Phi) is 1.93. The second-order valence-electron chi connectivity index (χ2n) is 2.87. The quantitative estimate of drug-likeness (QED) is 0.655. The van der Waals surface area contributed by atoms with Gasteiger partial charge in [-0.2, -0.15) is 5.26 Å². The van der Waals surface area contributed by atoms with Gasteiger partial charge in [-0.1, -0.05) is 18.2 Å². The molecule has 1 aromatic heterocycles. The summed E-state index contributed by atoms with van der Waals surface area (Å²) in [7, 11) is 0. The first-order valence-corrected chi connectivity index (χ1v) is 4.11. The molecule has 0 saturated heterocycles. The molecule has 1 aromatic carbocycles. The fourth-order valence-electron chi connectivity index (χ4n) is 1.31. The van der Waals surface area contributed by atoms with Gasteiger partial charge >= 0.3 is 0 Å². The fourth-order valence-corrected chi connectivity index (χ4v) is 1.31. The number of aromatic nitrogens is 1. The molecular weight excluding hydrogens is 160 g/mol. The van der Waals surface area contributed by atoms with Crippen molar-refractivity contribution in [3.05, 3.63) is 42.1 Å². The third-order valence-corrected chi connectivity index (χ3v) is 1.95. The Morgan fingerprint density at radius 2 is 2.23 bits per heavy atom. The van der Waals surface area contributed by atoms with Crippen LogP contribution in [0.1, 0.15) is 5.56 Å². The van der Waals surface area contributed by atoms with Crippen LogP contribution >= 0.6 is 0 Å². The highest BCUT2D eigenvalue weighted by Gasteiger charge is 1.95. The minimum atomic E-state index is 0.451. The third-order valence-electron chi connectivity index (χ3n) is 1.95. The Bertz CT molecular complexity index is 469. The fraction of sp³-hybridized carbons (Fsp3) is 0.0909. The van der Waals surface area contributed by atoms with Crippen LogP contribution in [-0.4, -0.2) is 4.98 Å². The highest BCUT2D eigenvalue weighted by molar-refractivity contribution is 5.78. The molecule has 2 rings (SSSR count). The van der Waals surface area contributed by atoms with Crippen molar-refractivity contribution in [2.24, 2.45) is 0 Å². The van der Waals surface area contributed by atoms with E-state index in [0.717, 1.165) is 16.5 Å². The van der Waals surface area contributed by atoms with Gasteiger partial charge in [0.2, 0.25) is 0 Å². The first-order valence-electron chi connectivity index (χ1n) is 4.11. The molecule has 2 heteroatoms. The van der Waals surface area contributed by atoms with Crippen LogP contribution in [0.4, 0.5) is 0 Å².